The standard InChI is InChI=1S/C17H21N3O4S2/c1-20(2)16(21)15(13-6-4-3-5-7-13)25-17-19-18-14(24-17)10-12-8-9-26(22,23)11-12/h3-7,12,15H,8-11H2,1-2H3. The highest BCUT2D eigenvalue weighted by Crippen LogP contribution is 2.36. The average molecular weight is 396 g/mol. The predicted octanol–water partition coefficient (Wildman–Crippen LogP) is 1.97. The van der Waals surface area contributed by atoms with Crippen molar-refractivity contribution in [1.82, 2.24) is 15.1 Å². The van der Waals surface area contributed by atoms with E-state index in [1.54, 1.807) is 14.1 Å². The smallest absolute Gasteiger partial charge is 0.277 e. The van der Waals surface area contributed by atoms with Crippen LogP contribution < -0.4 is 0 Å². The molecule has 1 fully saturated rings. The maximum absolute atomic E-state index is 12.6. The van der Waals surface area contributed by atoms with Gasteiger partial charge in [-0.2, -0.15) is 0 Å². The molecule has 1 aliphatic rings. The molecule has 1 aromatic carbocycles. The average Bonchev–Trinajstić information content (AvgIpc) is 3.18. The molecule has 9 heteroatoms. The topological polar surface area (TPSA) is 93.4 Å². The van der Waals surface area contributed by atoms with Gasteiger partial charge >= 0.3 is 0 Å². The molecular formula is C17H21N3O4S2. The van der Waals surface area contributed by atoms with Crippen molar-refractivity contribution in [2.24, 2.45) is 5.92 Å². The van der Waals surface area contributed by atoms with Crippen LogP contribution in [0.2, 0.25) is 0 Å². The van der Waals surface area contributed by atoms with Crippen molar-refractivity contribution in [2.75, 3.05) is 25.6 Å². The lowest BCUT2D eigenvalue weighted by atomic mass is 10.1. The van der Waals surface area contributed by atoms with E-state index in [1.807, 2.05) is 30.3 Å². The number of amides is 1. The summed E-state index contributed by atoms with van der Waals surface area (Å²) in [6.45, 7) is 0. The molecule has 0 aliphatic carbocycles. The Morgan fingerprint density at radius 3 is 2.65 bits per heavy atom. The fourth-order valence-electron chi connectivity index (χ4n) is 2.87. The van der Waals surface area contributed by atoms with Crippen LogP contribution in [0, 0.1) is 5.92 Å². The van der Waals surface area contributed by atoms with Crippen LogP contribution in [-0.4, -0.2) is 55.0 Å². The van der Waals surface area contributed by atoms with Gasteiger partial charge in [0, 0.05) is 20.5 Å². The number of hydrogen-bond acceptors (Lipinski definition) is 7. The fraction of sp³-hybridized carbons (Fsp3) is 0.471. The number of likely N-dealkylation sites (N-methyl/N-ethyl adjacent to an activating group) is 1. The van der Waals surface area contributed by atoms with E-state index in [9.17, 15) is 13.2 Å². The molecular weight excluding hydrogens is 374 g/mol. The maximum Gasteiger partial charge on any atom is 0.277 e. The summed E-state index contributed by atoms with van der Waals surface area (Å²) in [5.41, 5.74) is 0.859. The molecule has 2 unspecified atom stereocenters. The lowest BCUT2D eigenvalue weighted by Gasteiger charge is -2.18. The van der Waals surface area contributed by atoms with Crippen molar-refractivity contribution in [3.05, 3.63) is 41.8 Å². The van der Waals surface area contributed by atoms with Crippen LogP contribution in [0.15, 0.2) is 40.0 Å². The summed E-state index contributed by atoms with van der Waals surface area (Å²) in [5.74, 6) is 0.762. The van der Waals surface area contributed by atoms with Gasteiger partial charge < -0.3 is 9.32 Å². The summed E-state index contributed by atoms with van der Waals surface area (Å²) in [6.07, 6.45) is 1.07. The van der Waals surface area contributed by atoms with E-state index in [-0.39, 0.29) is 23.3 Å². The molecule has 2 atom stereocenters. The van der Waals surface area contributed by atoms with Crippen molar-refractivity contribution in [2.45, 2.75) is 23.3 Å². The van der Waals surface area contributed by atoms with E-state index in [0.717, 1.165) is 5.56 Å². The van der Waals surface area contributed by atoms with Gasteiger partial charge in [0.25, 0.3) is 5.22 Å². The molecule has 0 radical (unpaired) electrons. The van der Waals surface area contributed by atoms with Crippen molar-refractivity contribution in [3.8, 4) is 0 Å². The molecule has 26 heavy (non-hydrogen) atoms. The molecule has 2 heterocycles. The van der Waals surface area contributed by atoms with Crippen LogP contribution in [0.5, 0.6) is 0 Å². The van der Waals surface area contributed by atoms with E-state index < -0.39 is 15.1 Å². The van der Waals surface area contributed by atoms with Crippen LogP contribution in [0.25, 0.3) is 0 Å². The van der Waals surface area contributed by atoms with Crippen molar-refractivity contribution in [1.29, 1.82) is 0 Å². The summed E-state index contributed by atoms with van der Waals surface area (Å²) in [7, 11) is 0.484. The van der Waals surface area contributed by atoms with Crippen LogP contribution >= 0.6 is 11.8 Å². The second kappa shape index (κ2) is 7.79. The van der Waals surface area contributed by atoms with E-state index >= 15 is 0 Å². The van der Waals surface area contributed by atoms with Gasteiger partial charge in [-0.15, -0.1) is 10.2 Å². The summed E-state index contributed by atoms with van der Waals surface area (Å²) < 4.78 is 28.8. The summed E-state index contributed by atoms with van der Waals surface area (Å²) in [5, 5.41) is 7.88. The minimum absolute atomic E-state index is 0.0200. The quantitative estimate of drug-likeness (QED) is 0.690. The van der Waals surface area contributed by atoms with E-state index in [1.165, 1.54) is 16.7 Å². The highest BCUT2D eigenvalue weighted by atomic mass is 32.2. The van der Waals surface area contributed by atoms with Gasteiger partial charge in [-0.25, -0.2) is 8.42 Å². The summed E-state index contributed by atoms with van der Waals surface area (Å²) in [6, 6.07) is 9.43. The van der Waals surface area contributed by atoms with Crippen molar-refractivity contribution >= 4 is 27.5 Å². The predicted molar refractivity (Wildman–Crippen MR) is 98.5 cm³/mol. The zero-order valence-corrected chi connectivity index (χ0v) is 16.3. The fourth-order valence-corrected chi connectivity index (χ4v) is 5.77. The lowest BCUT2D eigenvalue weighted by molar-refractivity contribution is -0.128. The first-order chi connectivity index (χ1) is 12.3. The second-order valence-corrected chi connectivity index (χ2v) is 9.86. The number of benzene rings is 1. The van der Waals surface area contributed by atoms with Gasteiger partial charge in [-0.3, -0.25) is 4.79 Å². The molecule has 2 aromatic rings. The Morgan fingerprint density at radius 1 is 1.31 bits per heavy atom. The number of thioether (sulfide) groups is 1. The number of aromatic nitrogens is 2. The number of sulfone groups is 1. The molecule has 1 amide bonds. The largest absolute Gasteiger partial charge is 0.416 e. The maximum atomic E-state index is 12.6. The molecule has 1 aromatic heterocycles. The monoisotopic (exact) mass is 395 g/mol. The highest BCUT2D eigenvalue weighted by molar-refractivity contribution is 8.00. The number of nitrogens with zero attached hydrogens (tertiary/aromatic N) is 3. The van der Waals surface area contributed by atoms with E-state index in [4.69, 9.17) is 4.42 Å². The molecule has 7 nitrogen and oxygen atoms in total. The Bertz CT molecular complexity index is 865. The number of rotatable bonds is 6. The Balaban J connectivity index is 1.72. The normalized spacial score (nSPS) is 20.0. The molecule has 0 bridgehead atoms. The first-order valence-electron chi connectivity index (χ1n) is 8.29. The molecule has 140 valence electrons. The number of carbonyl (C=O) groups is 1. The highest BCUT2D eigenvalue weighted by Gasteiger charge is 2.30. The molecule has 0 N–H and O–H groups in total. The molecule has 0 spiro atoms. The van der Waals surface area contributed by atoms with Gasteiger partial charge in [0.1, 0.15) is 5.25 Å². The summed E-state index contributed by atoms with van der Waals surface area (Å²) in [4.78, 5) is 14.1. The Kier molecular flexibility index (Phi) is 5.67. The van der Waals surface area contributed by atoms with E-state index in [0.29, 0.717) is 24.0 Å². The van der Waals surface area contributed by atoms with E-state index in [2.05, 4.69) is 10.2 Å². The summed E-state index contributed by atoms with van der Waals surface area (Å²) >= 11 is 1.21. The molecule has 1 aliphatic heterocycles. The van der Waals surface area contributed by atoms with Crippen LogP contribution in [0.1, 0.15) is 23.1 Å². The van der Waals surface area contributed by atoms with Crippen LogP contribution in [0.4, 0.5) is 0 Å². The van der Waals surface area contributed by atoms with Gasteiger partial charge in [0.2, 0.25) is 11.8 Å². The third kappa shape index (κ3) is 4.64. The van der Waals surface area contributed by atoms with Crippen molar-refractivity contribution in [3.63, 3.8) is 0 Å². The van der Waals surface area contributed by atoms with Crippen molar-refractivity contribution < 1.29 is 17.6 Å². The van der Waals surface area contributed by atoms with Crippen LogP contribution in [0.3, 0.4) is 0 Å². The van der Waals surface area contributed by atoms with Gasteiger partial charge in [-0.1, -0.05) is 30.3 Å². The first kappa shape index (κ1) is 18.9. The Labute approximate surface area is 157 Å². The van der Waals surface area contributed by atoms with Crippen LogP contribution in [-0.2, 0) is 21.1 Å². The van der Waals surface area contributed by atoms with Gasteiger partial charge in [-0.05, 0) is 29.7 Å². The lowest BCUT2D eigenvalue weighted by Crippen LogP contribution is -2.26. The number of carbonyl (C=O) groups excluding carboxylic acids is 1. The zero-order valence-electron chi connectivity index (χ0n) is 14.7. The molecule has 0 saturated carbocycles. The zero-order chi connectivity index (χ0) is 18.7. The second-order valence-electron chi connectivity index (χ2n) is 6.58. The Hall–Kier alpha value is -1.87. The third-order valence-electron chi connectivity index (χ3n) is 4.22. The number of hydrogen-bond donors (Lipinski definition) is 0. The minimum Gasteiger partial charge on any atom is -0.416 e. The minimum atomic E-state index is -2.93. The molecule has 1 saturated heterocycles. The van der Waals surface area contributed by atoms with Gasteiger partial charge in [0.15, 0.2) is 9.84 Å². The Morgan fingerprint density at radius 2 is 2.04 bits per heavy atom. The van der Waals surface area contributed by atoms with Gasteiger partial charge in [0.05, 0.1) is 11.5 Å². The third-order valence-corrected chi connectivity index (χ3v) is 7.14. The SMILES string of the molecule is CN(C)C(=O)C(Sc1nnc(CC2CCS(=O)(=O)C2)o1)c1ccccc1. The first-order valence-corrected chi connectivity index (χ1v) is 11.0. The molecule has 3 rings (SSSR count).